The fourth-order valence-electron chi connectivity index (χ4n) is 2.94. The predicted octanol–water partition coefficient (Wildman–Crippen LogP) is 4.44. The molecule has 1 saturated heterocycles. The van der Waals surface area contributed by atoms with Gasteiger partial charge in [0.25, 0.3) is 5.91 Å². The Morgan fingerprint density at radius 2 is 1.81 bits per heavy atom. The summed E-state index contributed by atoms with van der Waals surface area (Å²) >= 11 is 6.66. The van der Waals surface area contributed by atoms with Gasteiger partial charge in [0.05, 0.1) is 30.9 Å². The number of carbonyl (C=O) groups is 2. The van der Waals surface area contributed by atoms with Gasteiger partial charge in [-0.1, -0.05) is 30.0 Å². The second-order valence-corrected chi connectivity index (χ2v) is 8.12. The topological polar surface area (TPSA) is 74.3 Å². The Bertz CT molecular complexity index is 1040. The zero-order valence-electron chi connectivity index (χ0n) is 18.0. The molecule has 2 aromatic rings. The van der Waals surface area contributed by atoms with Crippen molar-refractivity contribution in [2.75, 3.05) is 31.8 Å². The number of thiocarbonyl (C=S) groups is 1. The molecule has 2 aromatic carbocycles. The first-order valence-electron chi connectivity index (χ1n) is 9.94. The lowest BCUT2D eigenvalue weighted by molar-refractivity contribution is -0.145. The lowest BCUT2D eigenvalue weighted by Gasteiger charge is -2.15. The van der Waals surface area contributed by atoms with Crippen LogP contribution in [0, 0.1) is 0 Å². The van der Waals surface area contributed by atoms with Crippen LogP contribution >= 0.6 is 24.0 Å². The summed E-state index contributed by atoms with van der Waals surface area (Å²) in [6.07, 6.45) is 1.73. The summed E-state index contributed by atoms with van der Waals surface area (Å²) in [5.41, 5.74) is 1.38. The SMILES string of the molecule is CCOC(=O)COc1cc(/C=C2\SC(=S)N(c3ccc(OCC)cc3)C2=O)ccc1OC. The van der Waals surface area contributed by atoms with Gasteiger partial charge in [-0.15, -0.1) is 0 Å². The van der Waals surface area contributed by atoms with E-state index >= 15 is 0 Å². The van der Waals surface area contributed by atoms with Gasteiger partial charge in [-0.3, -0.25) is 9.69 Å². The molecule has 0 aliphatic carbocycles. The van der Waals surface area contributed by atoms with E-state index in [2.05, 4.69) is 0 Å². The molecule has 0 unspecified atom stereocenters. The van der Waals surface area contributed by atoms with Crippen LogP contribution in [0.1, 0.15) is 19.4 Å². The molecule has 0 aromatic heterocycles. The second kappa shape index (κ2) is 11.0. The van der Waals surface area contributed by atoms with Crippen molar-refractivity contribution in [2.45, 2.75) is 13.8 Å². The molecule has 0 bridgehead atoms. The van der Waals surface area contributed by atoms with Crippen molar-refractivity contribution in [3.05, 3.63) is 52.9 Å². The van der Waals surface area contributed by atoms with Crippen LogP contribution in [-0.2, 0) is 14.3 Å². The third-order valence-electron chi connectivity index (χ3n) is 4.34. The monoisotopic (exact) mass is 473 g/mol. The molecule has 0 N–H and O–H groups in total. The fraction of sp³-hybridized carbons (Fsp3) is 0.261. The molecule has 0 radical (unpaired) electrons. The fourth-order valence-corrected chi connectivity index (χ4v) is 4.23. The van der Waals surface area contributed by atoms with Crippen LogP contribution in [0.4, 0.5) is 5.69 Å². The molecular weight excluding hydrogens is 450 g/mol. The van der Waals surface area contributed by atoms with Crippen molar-refractivity contribution in [2.24, 2.45) is 0 Å². The first-order chi connectivity index (χ1) is 15.5. The number of ether oxygens (including phenoxy) is 4. The number of amides is 1. The lowest BCUT2D eigenvalue weighted by Crippen LogP contribution is -2.27. The number of hydrogen-bond acceptors (Lipinski definition) is 8. The summed E-state index contributed by atoms with van der Waals surface area (Å²) in [4.78, 5) is 26.6. The van der Waals surface area contributed by atoms with E-state index < -0.39 is 5.97 Å². The maximum absolute atomic E-state index is 13.0. The van der Waals surface area contributed by atoms with Crippen LogP contribution in [0.5, 0.6) is 17.2 Å². The highest BCUT2D eigenvalue weighted by molar-refractivity contribution is 8.27. The van der Waals surface area contributed by atoms with Gasteiger partial charge in [0.2, 0.25) is 0 Å². The van der Waals surface area contributed by atoms with E-state index in [4.69, 9.17) is 31.2 Å². The molecule has 0 atom stereocenters. The molecule has 9 heteroatoms. The van der Waals surface area contributed by atoms with E-state index in [1.165, 1.54) is 23.8 Å². The van der Waals surface area contributed by atoms with Crippen molar-refractivity contribution < 1.29 is 28.5 Å². The summed E-state index contributed by atoms with van der Waals surface area (Å²) in [5.74, 6) is 0.876. The quantitative estimate of drug-likeness (QED) is 0.301. The third kappa shape index (κ3) is 5.60. The van der Waals surface area contributed by atoms with Crippen LogP contribution in [0.3, 0.4) is 0 Å². The molecular formula is C23H23NO6S2. The maximum atomic E-state index is 13.0. The predicted molar refractivity (Wildman–Crippen MR) is 128 cm³/mol. The molecule has 3 rings (SSSR count). The third-order valence-corrected chi connectivity index (χ3v) is 5.64. The van der Waals surface area contributed by atoms with Gasteiger partial charge in [0.1, 0.15) is 5.75 Å². The summed E-state index contributed by atoms with van der Waals surface area (Å²) in [6, 6.07) is 12.4. The van der Waals surface area contributed by atoms with Gasteiger partial charge in [-0.2, -0.15) is 0 Å². The molecule has 1 aliphatic rings. The van der Waals surface area contributed by atoms with Crippen LogP contribution < -0.4 is 19.1 Å². The largest absolute Gasteiger partial charge is 0.494 e. The highest BCUT2D eigenvalue weighted by Crippen LogP contribution is 2.37. The smallest absolute Gasteiger partial charge is 0.344 e. The Hall–Kier alpha value is -3.04. The summed E-state index contributed by atoms with van der Waals surface area (Å²) < 4.78 is 21.6. The Morgan fingerprint density at radius 3 is 2.47 bits per heavy atom. The van der Waals surface area contributed by atoms with Crippen molar-refractivity contribution in [3.63, 3.8) is 0 Å². The van der Waals surface area contributed by atoms with Crippen molar-refractivity contribution >= 4 is 51.9 Å². The van der Waals surface area contributed by atoms with Crippen molar-refractivity contribution in [1.29, 1.82) is 0 Å². The van der Waals surface area contributed by atoms with E-state index in [9.17, 15) is 9.59 Å². The van der Waals surface area contributed by atoms with Crippen LogP contribution in [-0.4, -0.2) is 43.1 Å². The van der Waals surface area contributed by atoms with Gasteiger partial charge in [-0.05, 0) is 61.9 Å². The Labute approximate surface area is 196 Å². The van der Waals surface area contributed by atoms with E-state index in [1.807, 2.05) is 6.92 Å². The minimum Gasteiger partial charge on any atom is -0.494 e. The second-order valence-electron chi connectivity index (χ2n) is 6.45. The lowest BCUT2D eigenvalue weighted by atomic mass is 10.1. The summed E-state index contributed by atoms with van der Waals surface area (Å²) in [5, 5.41) is 0. The Kier molecular flexibility index (Phi) is 8.13. The number of esters is 1. The molecule has 1 aliphatic heterocycles. The van der Waals surface area contributed by atoms with Gasteiger partial charge in [0.15, 0.2) is 22.4 Å². The number of rotatable bonds is 9. The maximum Gasteiger partial charge on any atom is 0.344 e. The van der Waals surface area contributed by atoms with Gasteiger partial charge in [0, 0.05) is 0 Å². The van der Waals surface area contributed by atoms with Crippen molar-refractivity contribution in [1.82, 2.24) is 0 Å². The van der Waals surface area contributed by atoms with E-state index in [0.29, 0.717) is 38.6 Å². The number of hydrogen-bond donors (Lipinski definition) is 0. The Morgan fingerprint density at radius 1 is 1.06 bits per heavy atom. The number of anilines is 1. The minimum atomic E-state index is -0.476. The Balaban J connectivity index is 1.80. The number of benzene rings is 2. The number of nitrogens with zero attached hydrogens (tertiary/aromatic N) is 1. The van der Waals surface area contributed by atoms with Crippen LogP contribution in [0.15, 0.2) is 47.4 Å². The normalized spacial score (nSPS) is 14.6. The molecule has 1 heterocycles. The average Bonchev–Trinajstić information content (AvgIpc) is 3.06. The van der Waals surface area contributed by atoms with Crippen LogP contribution in [0.25, 0.3) is 6.08 Å². The first kappa shape index (κ1) is 23.6. The zero-order chi connectivity index (χ0) is 23.1. The summed E-state index contributed by atoms with van der Waals surface area (Å²) in [6.45, 7) is 4.23. The molecule has 7 nitrogen and oxygen atoms in total. The molecule has 168 valence electrons. The minimum absolute atomic E-state index is 0.214. The van der Waals surface area contributed by atoms with E-state index in [-0.39, 0.29) is 19.1 Å². The average molecular weight is 474 g/mol. The van der Waals surface area contributed by atoms with Gasteiger partial charge < -0.3 is 18.9 Å². The number of methoxy groups -OCH3 is 1. The highest BCUT2D eigenvalue weighted by atomic mass is 32.2. The summed E-state index contributed by atoms with van der Waals surface area (Å²) in [7, 11) is 1.51. The molecule has 0 spiro atoms. The molecule has 1 amide bonds. The molecule has 1 fully saturated rings. The van der Waals surface area contributed by atoms with Gasteiger partial charge >= 0.3 is 5.97 Å². The van der Waals surface area contributed by atoms with Gasteiger partial charge in [-0.25, -0.2) is 4.79 Å². The van der Waals surface area contributed by atoms with E-state index in [0.717, 1.165) is 5.75 Å². The first-order valence-corrected chi connectivity index (χ1v) is 11.2. The van der Waals surface area contributed by atoms with Crippen LogP contribution in [0.2, 0.25) is 0 Å². The standard InChI is InChI=1S/C23H23NO6S2/c1-4-28-17-9-7-16(8-10-17)24-22(26)20(32-23(24)31)13-15-6-11-18(27-3)19(12-15)30-14-21(25)29-5-2/h6-13H,4-5,14H2,1-3H3/b20-13-. The molecule has 32 heavy (non-hydrogen) atoms. The number of thioether (sulfide) groups is 1. The highest BCUT2D eigenvalue weighted by Gasteiger charge is 2.33. The van der Waals surface area contributed by atoms with E-state index in [1.54, 1.807) is 55.5 Å². The molecule has 0 saturated carbocycles. The zero-order valence-corrected chi connectivity index (χ0v) is 19.6. The number of carbonyl (C=O) groups excluding carboxylic acids is 2. The van der Waals surface area contributed by atoms with Crippen molar-refractivity contribution in [3.8, 4) is 17.2 Å².